The fourth-order valence-electron chi connectivity index (χ4n) is 3.22. The first-order valence-corrected chi connectivity index (χ1v) is 8.19. The van der Waals surface area contributed by atoms with Crippen LogP contribution in [0.15, 0.2) is 48.8 Å². The van der Waals surface area contributed by atoms with Gasteiger partial charge in [0.2, 0.25) is 0 Å². The van der Waals surface area contributed by atoms with Crippen molar-refractivity contribution in [1.29, 1.82) is 0 Å². The van der Waals surface area contributed by atoms with E-state index in [1.54, 1.807) is 17.8 Å². The molecule has 0 unspecified atom stereocenters. The normalized spacial score (nSPS) is 11.3. The molecule has 0 fully saturated rings. The molecule has 0 bridgehead atoms. The lowest BCUT2D eigenvalue weighted by Crippen LogP contribution is -1.94. The van der Waals surface area contributed by atoms with Crippen molar-refractivity contribution >= 4 is 22.2 Å². The summed E-state index contributed by atoms with van der Waals surface area (Å²) in [5, 5.41) is 20.3. The monoisotopic (exact) mass is 358 g/mol. The molecule has 5 rings (SSSR count). The van der Waals surface area contributed by atoms with Crippen LogP contribution in [0.4, 0.5) is 5.82 Å². The smallest absolute Gasteiger partial charge is 0.187 e. The van der Waals surface area contributed by atoms with E-state index in [1.165, 1.54) is 0 Å². The lowest BCUT2D eigenvalue weighted by Gasteiger charge is -2.10. The number of aromatic amines is 1. The van der Waals surface area contributed by atoms with Crippen LogP contribution in [0.2, 0.25) is 0 Å². The molecule has 5 aromatic rings. The van der Waals surface area contributed by atoms with Crippen molar-refractivity contribution in [3.8, 4) is 28.3 Å². The highest BCUT2D eigenvalue weighted by atomic mass is 16.5. The number of hydrogen-bond acceptors (Lipinski definition) is 7. The van der Waals surface area contributed by atoms with Crippen molar-refractivity contribution in [2.75, 3.05) is 12.8 Å². The van der Waals surface area contributed by atoms with Gasteiger partial charge in [0.05, 0.1) is 7.11 Å². The average molecular weight is 358 g/mol. The van der Waals surface area contributed by atoms with Crippen LogP contribution in [0, 0.1) is 0 Å². The van der Waals surface area contributed by atoms with Gasteiger partial charge in [0.1, 0.15) is 11.3 Å². The summed E-state index contributed by atoms with van der Waals surface area (Å²) in [5.41, 5.74) is 9.09. The first-order valence-electron chi connectivity index (χ1n) is 8.19. The van der Waals surface area contributed by atoms with E-state index in [-0.39, 0.29) is 0 Å². The molecule has 2 aromatic carbocycles. The molecule has 0 aliphatic carbocycles. The van der Waals surface area contributed by atoms with Crippen LogP contribution in [0.5, 0.6) is 5.75 Å². The molecule has 9 nitrogen and oxygen atoms in total. The van der Waals surface area contributed by atoms with E-state index in [9.17, 15) is 0 Å². The molecule has 0 amide bonds. The van der Waals surface area contributed by atoms with E-state index in [4.69, 9.17) is 10.5 Å². The largest absolute Gasteiger partial charge is 0.497 e. The van der Waals surface area contributed by atoms with Crippen molar-refractivity contribution in [3.05, 3.63) is 48.8 Å². The Morgan fingerprint density at radius 2 is 2.07 bits per heavy atom. The minimum atomic E-state index is 0.300. The molecule has 0 saturated heterocycles. The number of ether oxygens (including phenoxy) is 1. The van der Waals surface area contributed by atoms with Gasteiger partial charge < -0.3 is 10.5 Å². The average Bonchev–Trinajstić information content (AvgIpc) is 3.33. The molecule has 0 radical (unpaired) electrons. The molecule has 3 heterocycles. The zero-order valence-corrected chi connectivity index (χ0v) is 14.3. The van der Waals surface area contributed by atoms with Crippen molar-refractivity contribution < 1.29 is 4.74 Å². The van der Waals surface area contributed by atoms with Gasteiger partial charge >= 0.3 is 0 Å². The van der Waals surface area contributed by atoms with Gasteiger partial charge in [-0.3, -0.25) is 0 Å². The number of nitrogens with one attached hydrogen (secondary N) is 1. The summed E-state index contributed by atoms with van der Waals surface area (Å²) < 4.78 is 7.09. The maximum atomic E-state index is 6.06. The second-order valence-corrected chi connectivity index (χ2v) is 6.02. The van der Waals surface area contributed by atoms with Crippen LogP contribution in [0.1, 0.15) is 0 Å². The van der Waals surface area contributed by atoms with Crippen molar-refractivity contribution in [1.82, 2.24) is 35.2 Å². The van der Waals surface area contributed by atoms with Gasteiger partial charge in [-0.05, 0) is 38.9 Å². The Morgan fingerprint density at radius 1 is 1.19 bits per heavy atom. The number of rotatable bonds is 3. The molecular formula is C18H14N8O. The van der Waals surface area contributed by atoms with Gasteiger partial charge in [-0.2, -0.15) is 0 Å². The molecule has 27 heavy (non-hydrogen) atoms. The van der Waals surface area contributed by atoms with Gasteiger partial charge in [-0.1, -0.05) is 24.3 Å². The second kappa shape index (κ2) is 5.77. The summed E-state index contributed by atoms with van der Waals surface area (Å²) >= 11 is 0. The SMILES string of the molecule is COc1cc(-c2cnc3c(-c4nnn[nH]4)c(N)nn3c2)c2ccccc2c1. The fraction of sp³-hybridized carbons (Fsp3) is 0.0556. The summed E-state index contributed by atoms with van der Waals surface area (Å²) in [5.74, 6) is 1.50. The zero-order valence-electron chi connectivity index (χ0n) is 14.3. The number of nitrogen functional groups attached to an aromatic ring is 1. The third kappa shape index (κ3) is 2.36. The van der Waals surface area contributed by atoms with Gasteiger partial charge in [-0.15, -0.1) is 10.2 Å². The molecular weight excluding hydrogens is 344 g/mol. The maximum absolute atomic E-state index is 6.06. The topological polar surface area (TPSA) is 120 Å². The van der Waals surface area contributed by atoms with Crippen LogP contribution in [-0.4, -0.2) is 42.3 Å². The summed E-state index contributed by atoms with van der Waals surface area (Å²) in [6, 6.07) is 12.1. The number of aromatic nitrogens is 7. The molecule has 0 saturated carbocycles. The lowest BCUT2D eigenvalue weighted by molar-refractivity contribution is 0.415. The number of anilines is 1. The third-order valence-electron chi connectivity index (χ3n) is 4.46. The van der Waals surface area contributed by atoms with Gasteiger partial charge in [0, 0.05) is 18.0 Å². The number of tetrazole rings is 1. The summed E-state index contributed by atoms with van der Waals surface area (Å²) in [6.07, 6.45) is 3.66. The van der Waals surface area contributed by atoms with E-state index in [0.29, 0.717) is 22.9 Å². The number of nitrogens with zero attached hydrogens (tertiary/aromatic N) is 6. The Kier molecular flexibility index (Phi) is 3.26. The Morgan fingerprint density at radius 3 is 2.89 bits per heavy atom. The highest BCUT2D eigenvalue weighted by molar-refractivity contribution is 5.98. The molecule has 3 aromatic heterocycles. The molecule has 3 N–H and O–H groups in total. The van der Waals surface area contributed by atoms with E-state index >= 15 is 0 Å². The number of hydrogen-bond donors (Lipinski definition) is 2. The molecule has 0 aliphatic rings. The lowest BCUT2D eigenvalue weighted by atomic mass is 10.00. The molecule has 9 heteroatoms. The number of fused-ring (bicyclic) bond motifs is 2. The number of methoxy groups -OCH3 is 1. The molecule has 132 valence electrons. The fourth-order valence-corrected chi connectivity index (χ4v) is 3.22. The number of nitrogens with two attached hydrogens (primary N) is 1. The van der Waals surface area contributed by atoms with E-state index in [0.717, 1.165) is 27.6 Å². The minimum absolute atomic E-state index is 0.300. The third-order valence-corrected chi connectivity index (χ3v) is 4.46. The Labute approximate surface area is 152 Å². The van der Waals surface area contributed by atoms with Gasteiger partial charge in [0.15, 0.2) is 17.3 Å². The standard InChI is InChI=1S/C18H14N8O/c1-27-12-6-10-4-2-3-5-13(10)14(7-12)11-8-20-18-15(17-21-24-25-22-17)16(19)23-26(18)9-11/h2-9H,1H3,(H2,19,23)(H,21,22,24,25). The molecule has 0 spiro atoms. The van der Waals surface area contributed by atoms with Crippen LogP contribution < -0.4 is 10.5 Å². The quantitative estimate of drug-likeness (QED) is 0.508. The summed E-state index contributed by atoms with van der Waals surface area (Å²) in [4.78, 5) is 4.56. The summed E-state index contributed by atoms with van der Waals surface area (Å²) in [6.45, 7) is 0. The second-order valence-electron chi connectivity index (χ2n) is 6.02. The van der Waals surface area contributed by atoms with Crippen molar-refractivity contribution in [2.45, 2.75) is 0 Å². The van der Waals surface area contributed by atoms with Gasteiger partial charge in [-0.25, -0.2) is 14.6 Å². The zero-order chi connectivity index (χ0) is 18.4. The molecule has 0 aliphatic heterocycles. The predicted octanol–water partition coefficient (Wildman–Crippen LogP) is 2.32. The van der Waals surface area contributed by atoms with E-state index in [1.807, 2.05) is 36.5 Å². The van der Waals surface area contributed by atoms with E-state index in [2.05, 4.69) is 36.8 Å². The Hall–Kier alpha value is -4.01. The van der Waals surface area contributed by atoms with Crippen molar-refractivity contribution in [3.63, 3.8) is 0 Å². The number of H-pyrrole nitrogens is 1. The van der Waals surface area contributed by atoms with E-state index < -0.39 is 0 Å². The van der Waals surface area contributed by atoms with Crippen LogP contribution >= 0.6 is 0 Å². The van der Waals surface area contributed by atoms with Crippen molar-refractivity contribution in [2.24, 2.45) is 0 Å². The van der Waals surface area contributed by atoms with Gasteiger partial charge in [0.25, 0.3) is 0 Å². The van der Waals surface area contributed by atoms with Crippen LogP contribution in [0.25, 0.3) is 38.9 Å². The van der Waals surface area contributed by atoms with Crippen LogP contribution in [0.3, 0.4) is 0 Å². The maximum Gasteiger partial charge on any atom is 0.187 e. The Balaban J connectivity index is 1.74. The highest BCUT2D eigenvalue weighted by Crippen LogP contribution is 2.34. The first-order chi connectivity index (χ1) is 13.2. The van der Waals surface area contributed by atoms with Crippen LogP contribution in [-0.2, 0) is 0 Å². The highest BCUT2D eigenvalue weighted by Gasteiger charge is 2.18. The first kappa shape index (κ1) is 15.3. The predicted molar refractivity (Wildman–Crippen MR) is 100 cm³/mol. The molecule has 0 atom stereocenters. The number of benzene rings is 2. The Bertz CT molecular complexity index is 1280. The minimum Gasteiger partial charge on any atom is -0.497 e. The summed E-state index contributed by atoms with van der Waals surface area (Å²) in [7, 11) is 1.65.